The summed E-state index contributed by atoms with van der Waals surface area (Å²) < 4.78 is 9.20. The zero-order valence-corrected chi connectivity index (χ0v) is 11.8. The number of fused-ring (bicyclic) bond motifs is 1. The molecule has 2 aliphatic rings. The van der Waals surface area contributed by atoms with Crippen molar-refractivity contribution in [1.29, 1.82) is 0 Å². The van der Waals surface area contributed by atoms with Gasteiger partial charge in [-0.15, -0.1) is 0 Å². The van der Waals surface area contributed by atoms with Gasteiger partial charge in [0.15, 0.2) is 12.1 Å². The number of carbonyl (C=O) groups is 4. The van der Waals surface area contributed by atoms with Gasteiger partial charge in [-0.2, -0.15) is 10.0 Å². The van der Waals surface area contributed by atoms with Crippen molar-refractivity contribution in [2.24, 2.45) is 0 Å². The van der Waals surface area contributed by atoms with Gasteiger partial charge in [0.1, 0.15) is 0 Å². The highest BCUT2D eigenvalue weighted by Gasteiger charge is 2.65. The van der Waals surface area contributed by atoms with Crippen molar-refractivity contribution in [3.05, 3.63) is 35.4 Å². The molecular formula is C14H12N2O6. The number of amides is 2. The molecule has 0 radical (unpaired) electrons. The van der Waals surface area contributed by atoms with Crippen LogP contribution in [-0.4, -0.2) is 60.1 Å². The highest BCUT2D eigenvalue weighted by Crippen LogP contribution is 2.37. The predicted molar refractivity (Wildman–Crippen MR) is 70.4 cm³/mol. The summed E-state index contributed by atoms with van der Waals surface area (Å²) in [4.78, 5) is 48.2. The van der Waals surface area contributed by atoms with Gasteiger partial charge in [0.25, 0.3) is 11.8 Å². The number of hydrogen-bond acceptors (Lipinski definition) is 7. The van der Waals surface area contributed by atoms with Crippen LogP contribution < -0.4 is 0 Å². The van der Waals surface area contributed by atoms with E-state index in [9.17, 15) is 19.2 Å². The molecule has 114 valence electrons. The lowest BCUT2D eigenvalue weighted by Crippen LogP contribution is -2.38. The van der Waals surface area contributed by atoms with Crippen LogP contribution in [0.25, 0.3) is 0 Å². The molecule has 1 aromatic carbocycles. The minimum absolute atomic E-state index is 0.228. The lowest BCUT2D eigenvalue weighted by molar-refractivity contribution is -0.144. The van der Waals surface area contributed by atoms with Crippen molar-refractivity contribution in [3.63, 3.8) is 0 Å². The number of hydrogen-bond donors (Lipinski definition) is 0. The van der Waals surface area contributed by atoms with E-state index in [4.69, 9.17) is 0 Å². The lowest BCUT2D eigenvalue weighted by Gasteiger charge is -2.15. The maximum absolute atomic E-state index is 12.4. The number of nitrogens with zero attached hydrogens (tertiary/aromatic N) is 2. The Bertz CT molecular complexity index is 643. The molecule has 0 saturated carbocycles. The van der Waals surface area contributed by atoms with Crippen LogP contribution in [0.4, 0.5) is 0 Å². The molecule has 22 heavy (non-hydrogen) atoms. The number of methoxy groups -OCH3 is 2. The second-order valence-electron chi connectivity index (χ2n) is 4.78. The van der Waals surface area contributed by atoms with Crippen LogP contribution in [0.1, 0.15) is 20.7 Å². The number of carbonyl (C=O) groups excluding carboxylic acids is 4. The van der Waals surface area contributed by atoms with Crippen LogP contribution in [0.15, 0.2) is 24.3 Å². The molecule has 2 heterocycles. The molecule has 1 fully saturated rings. The molecule has 3 atom stereocenters. The van der Waals surface area contributed by atoms with Crippen LogP contribution in [0.3, 0.4) is 0 Å². The minimum Gasteiger partial charge on any atom is -0.468 e. The third kappa shape index (κ3) is 1.81. The molecule has 0 spiro atoms. The number of ether oxygens (including phenoxy) is 2. The van der Waals surface area contributed by atoms with Crippen molar-refractivity contribution < 1.29 is 28.7 Å². The highest BCUT2D eigenvalue weighted by atomic mass is 16.5. The SMILES string of the molecule is COC(=O)[C@@H]1[C@H](C(=O)OC)N1N1C(=O)c2ccccc2C1=O. The van der Waals surface area contributed by atoms with Gasteiger partial charge in [-0.25, -0.2) is 0 Å². The quantitative estimate of drug-likeness (QED) is 0.426. The van der Waals surface area contributed by atoms with E-state index in [0.29, 0.717) is 0 Å². The van der Waals surface area contributed by atoms with Crippen LogP contribution in [-0.2, 0) is 19.1 Å². The van der Waals surface area contributed by atoms with Crippen molar-refractivity contribution in [3.8, 4) is 0 Å². The summed E-state index contributed by atoms with van der Waals surface area (Å²) in [7, 11) is 2.32. The fourth-order valence-electron chi connectivity index (χ4n) is 2.57. The van der Waals surface area contributed by atoms with E-state index in [1.165, 1.54) is 12.1 Å². The molecule has 3 rings (SSSR count). The fourth-order valence-corrected chi connectivity index (χ4v) is 2.57. The summed E-state index contributed by atoms with van der Waals surface area (Å²) in [6.45, 7) is 0. The van der Waals surface area contributed by atoms with Gasteiger partial charge in [0, 0.05) is 0 Å². The van der Waals surface area contributed by atoms with Crippen LogP contribution in [0.2, 0.25) is 0 Å². The highest BCUT2D eigenvalue weighted by molar-refractivity contribution is 6.21. The van der Waals surface area contributed by atoms with Crippen LogP contribution in [0, 0.1) is 0 Å². The molecule has 1 saturated heterocycles. The van der Waals surface area contributed by atoms with Gasteiger partial charge in [0.05, 0.1) is 25.3 Å². The Morgan fingerprint density at radius 3 is 1.68 bits per heavy atom. The number of hydrazine groups is 1. The van der Waals surface area contributed by atoms with Crippen molar-refractivity contribution >= 4 is 23.8 Å². The lowest BCUT2D eigenvalue weighted by atomic mass is 10.1. The Kier molecular flexibility index (Phi) is 3.18. The number of benzene rings is 1. The first kappa shape index (κ1) is 14.2. The van der Waals surface area contributed by atoms with Gasteiger partial charge in [0.2, 0.25) is 0 Å². The third-order valence-electron chi connectivity index (χ3n) is 3.67. The Hall–Kier alpha value is -2.74. The molecule has 0 aromatic heterocycles. The maximum Gasteiger partial charge on any atom is 0.327 e. The normalized spacial score (nSPS) is 25.7. The predicted octanol–water partition coefficient (Wildman–Crippen LogP) is -0.404. The summed E-state index contributed by atoms with van der Waals surface area (Å²) in [6.07, 6.45) is 0. The summed E-state index contributed by atoms with van der Waals surface area (Å²) >= 11 is 0. The second kappa shape index (κ2) is 4.92. The van der Waals surface area contributed by atoms with Crippen molar-refractivity contribution in [1.82, 2.24) is 10.0 Å². The van der Waals surface area contributed by atoms with Gasteiger partial charge in [-0.3, -0.25) is 19.2 Å². The molecule has 0 bridgehead atoms. The first-order chi connectivity index (χ1) is 10.5. The Morgan fingerprint density at radius 1 is 0.909 bits per heavy atom. The smallest absolute Gasteiger partial charge is 0.327 e. The van der Waals surface area contributed by atoms with E-state index in [1.54, 1.807) is 12.1 Å². The van der Waals surface area contributed by atoms with E-state index in [1.807, 2.05) is 0 Å². The van der Waals surface area contributed by atoms with E-state index >= 15 is 0 Å². The van der Waals surface area contributed by atoms with Gasteiger partial charge in [-0.05, 0) is 12.1 Å². The standard InChI is InChI=1S/C14H12N2O6/c1-21-13(19)9-10(14(20)22-2)15(9)16-11(17)7-5-3-4-6-8(7)12(16)18/h3-6,9-10H,1-2H3/t9-,10+,15?. The third-order valence-corrected chi connectivity index (χ3v) is 3.67. The number of imide groups is 1. The van der Waals surface area contributed by atoms with E-state index in [0.717, 1.165) is 24.2 Å². The summed E-state index contributed by atoms with van der Waals surface area (Å²) in [5.41, 5.74) is 0.457. The first-order valence-electron chi connectivity index (χ1n) is 6.44. The maximum atomic E-state index is 12.4. The van der Waals surface area contributed by atoms with Crippen molar-refractivity contribution in [2.75, 3.05) is 14.2 Å². The molecule has 0 aliphatic carbocycles. The average Bonchev–Trinajstić information content (AvgIpc) is 3.22. The molecule has 1 aromatic rings. The van der Waals surface area contributed by atoms with Gasteiger partial charge < -0.3 is 9.47 Å². The van der Waals surface area contributed by atoms with E-state index in [-0.39, 0.29) is 11.1 Å². The monoisotopic (exact) mass is 304 g/mol. The van der Waals surface area contributed by atoms with Crippen molar-refractivity contribution in [2.45, 2.75) is 12.1 Å². The first-order valence-corrected chi connectivity index (χ1v) is 6.44. The topological polar surface area (TPSA) is 93.0 Å². The molecule has 2 aliphatic heterocycles. The molecule has 1 unspecified atom stereocenters. The second-order valence-corrected chi connectivity index (χ2v) is 4.78. The van der Waals surface area contributed by atoms with E-state index < -0.39 is 35.8 Å². The molecule has 8 heteroatoms. The summed E-state index contributed by atoms with van der Waals surface area (Å²) in [5, 5.41) is 1.89. The molecule has 8 nitrogen and oxygen atoms in total. The largest absolute Gasteiger partial charge is 0.468 e. The minimum atomic E-state index is -1.04. The zero-order valence-electron chi connectivity index (χ0n) is 11.8. The Balaban J connectivity index is 1.95. The van der Waals surface area contributed by atoms with E-state index in [2.05, 4.69) is 9.47 Å². The Labute approximate surface area is 125 Å². The number of rotatable bonds is 3. The zero-order chi connectivity index (χ0) is 16.0. The van der Waals surface area contributed by atoms with Crippen LogP contribution >= 0.6 is 0 Å². The molecule has 2 amide bonds. The summed E-state index contributed by atoms with van der Waals surface area (Å²) in [6, 6.07) is 4.20. The van der Waals surface area contributed by atoms with Crippen LogP contribution in [0.5, 0.6) is 0 Å². The van der Waals surface area contributed by atoms with Gasteiger partial charge in [-0.1, -0.05) is 12.1 Å². The molecule has 0 N–H and O–H groups in total. The Morgan fingerprint density at radius 2 is 1.32 bits per heavy atom. The summed E-state index contributed by atoms with van der Waals surface area (Å²) in [5.74, 6) is -2.60. The molecular weight excluding hydrogens is 292 g/mol. The fraction of sp³-hybridized carbons (Fsp3) is 0.286. The average molecular weight is 304 g/mol. The van der Waals surface area contributed by atoms with Gasteiger partial charge >= 0.3 is 11.9 Å². The number of esters is 2.